The van der Waals surface area contributed by atoms with Gasteiger partial charge in [0.25, 0.3) is 17.2 Å². The van der Waals surface area contributed by atoms with Crippen molar-refractivity contribution >= 4 is 40.6 Å². The average molecular weight is 525 g/mol. The number of aromatic nitrogens is 1. The Morgan fingerprint density at radius 3 is 2.47 bits per heavy atom. The van der Waals surface area contributed by atoms with E-state index < -0.39 is 11.0 Å². The SMILES string of the molecule is CCN(CC)C(=O)C1=C(C)N=c2s/c(=C\c3ccc(C)c([N+](=O)[O-])c3)c(=O)n2[C@H]1c1ccc(Cl)cc1. The van der Waals surface area contributed by atoms with Gasteiger partial charge in [0.15, 0.2) is 4.80 Å². The first-order valence-electron chi connectivity index (χ1n) is 11.5. The number of benzene rings is 2. The maximum absolute atomic E-state index is 13.7. The summed E-state index contributed by atoms with van der Waals surface area (Å²) >= 11 is 7.31. The van der Waals surface area contributed by atoms with Crippen LogP contribution in [-0.4, -0.2) is 33.4 Å². The molecule has 1 atom stereocenters. The Balaban J connectivity index is 1.95. The highest BCUT2D eigenvalue weighted by Gasteiger charge is 2.34. The van der Waals surface area contributed by atoms with E-state index in [2.05, 4.69) is 4.99 Å². The molecule has 1 aromatic heterocycles. The summed E-state index contributed by atoms with van der Waals surface area (Å²) in [6.45, 7) is 8.31. The number of thiazole rings is 1. The zero-order valence-electron chi connectivity index (χ0n) is 20.3. The van der Waals surface area contributed by atoms with Crippen LogP contribution in [0.1, 0.15) is 43.5 Å². The fourth-order valence-corrected chi connectivity index (χ4v) is 5.47. The van der Waals surface area contributed by atoms with E-state index in [9.17, 15) is 19.7 Å². The molecule has 0 fully saturated rings. The Morgan fingerprint density at radius 2 is 1.86 bits per heavy atom. The lowest BCUT2D eigenvalue weighted by atomic mass is 9.94. The second kappa shape index (κ2) is 10.2. The minimum atomic E-state index is -0.680. The van der Waals surface area contributed by atoms with Gasteiger partial charge in [0, 0.05) is 29.7 Å². The first kappa shape index (κ1) is 25.5. The molecule has 1 aliphatic rings. The molecule has 0 aliphatic carbocycles. The van der Waals surface area contributed by atoms with E-state index in [1.807, 2.05) is 26.0 Å². The van der Waals surface area contributed by atoms with Crippen molar-refractivity contribution in [1.29, 1.82) is 0 Å². The Labute approximate surface area is 216 Å². The molecule has 0 N–H and O–H groups in total. The number of halogens is 1. The third kappa shape index (κ3) is 4.64. The standard InChI is InChI=1S/C26H25ClN4O4S/c1-5-29(6-2)25(33)22-16(4)28-26-30(23(22)18-9-11-19(27)12-10-18)24(32)21(36-26)14-17-8-7-15(3)20(13-17)31(34)35/h7-14,23H,5-6H2,1-4H3/b21-14-/t23-/m0/s1. The van der Waals surface area contributed by atoms with Gasteiger partial charge in [0.2, 0.25) is 0 Å². The van der Waals surface area contributed by atoms with Crippen molar-refractivity contribution in [3.8, 4) is 0 Å². The molecule has 10 heteroatoms. The van der Waals surface area contributed by atoms with E-state index in [-0.39, 0.29) is 17.2 Å². The molecular weight excluding hydrogens is 500 g/mol. The third-order valence-electron chi connectivity index (χ3n) is 6.22. The Kier molecular flexibility index (Phi) is 7.23. The number of likely N-dealkylation sites (N-methyl/N-ethyl adjacent to an activating group) is 1. The van der Waals surface area contributed by atoms with Gasteiger partial charge in [0.1, 0.15) is 0 Å². The van der Waals surface area contributed by atoms with Gasteiger partial charge in [-0.25, -0.2) is 4.99 Å². The van der Waals surface area contributed by atoms with Crippen molar-refractivity contribution in [2.75, 3.05) is 13.1 Å². The van der Waals surface area contributed by atoms with Crippen molar-refractivity contribution in [2.45, 2.75) is 33.7 Å². The van der Waals surface area contributed by atoms with E-state index in [0.717, 1.165) is 5.56 Å². The minimum Gasteiger partial charge on any atom is -0.339 e. The minimum absolute atomic E-state index is 0.0153. The van der Waals surface area contributed by atoms with Gasteiger partial charge in [-0.05, 0) is 57.0 Å². The van der Waals surface area contributed by atoms with Crippen molar-refractivity contribution in [2.24, 2.45) is 4.99 Å². The smallest absolute Gasteiger partial charge is 0.272 e. The van der Waals surface area contributed by atoms with Gasteiger partial charge in [-0.3, -0.25) is 24.3 Å². The molecule has 36 heavy (non-hydrogen) atoms. The summed E-state index contributed by atoms with van der Waals surface area (Å²) in [5, 5.41) is 11.9. The number of nitro groups is 1. The van der Waals surface area contributed by atoms with Gasteiger partial charge in [-0.2, -0.15) is 0 Å². The van der Waals surface area contributed by atoms with Gasteiger partial charge >= 0.3 is 0 Å². The molecule has 0 radical (unpaired) electrons. The van der Waals surface area contributed by atoms with Crippen LogP contribution in [0.5, 0.6) is 0 Å². The van der Waals surface area contributed by atoms with Gasteiger partial charge in [0.05, 0.1) is 26.8 Å². The van der Waals surface area contributed by atoms with Crippen molar-refractivity contribution < 1.29 is 9.72 Å². The summed E-state index contributed by atoms with van der Waals surface area (Å²) in [6, 6.07) is 11.2. The summed E-state index contributed by atoms with van der Waals surface area (Å²) in [6.07, 6.45) is 1.63. The molecule has 0 unspecified atom stereocenters. The predicted molar refractivity (Wildman–Crippen MR) is 141 cm³/mol. The number of nitrogens with zero attached hydrogens (tertiary/aromatic N) is 4. The van der Waals surface area contributed by atoms with Crippen LogP contribution in [0.25, 0.3) is 6.08 Å². The van der Waals surface area contributed by atoms with E-state index in [4.69, 9.17) is 11.6 Å². The molecule has 0 saturated carbocycles. The molecule has 0 bridgehead atoms. The van der Waals surface area contributed by atoms with Gasteiger partial charge in [-0.15, -0.1) is 0 Å². The van der Waals surface area contributed by atoms with Crippen molar-refractivity contribution in [1.82, 2.24) is 9.47 Å². The molecule has 0 spiro atoms. The van der Waals surface area contributed by atoms with Gasteiger partial charge < -0.3 is 4.90 Å². The lowest BCUT2D eigenvalue weighted by Crippen LogP contribution is -2.43. The van der Waals surface area contributed by atoms with E-state index in [1.54, 1.807) is 49.1 Å². The number of fused-ring (bicyclic) bond motifs is 1. The maximum atomic E-state index is 13.7. The zero-order valence-corrected chi connectivity index (χ0v) is 21.9. The quantitative estimate of drug-likeness (QED) is 0.360. The molecule has 2 aromatic carbocycles. The molecule has 186 valence electrons. The highest BCUT2D eigenvalue weighted by atomic mass is 35.5. The third-order valence-corrected chi connectivity index (χ3v) is 7.45. The second-order valence-electron chi connectivity index (χ2n) is 8.41. The number of rotatable bonds is 6. The number of hydrogen-bond donors (Lipinski definition) is 0. The van der Waals surface area contributed by atoms with Crippen LogP contribution in [0.15, 0.2) is 63.5 Å². The van der Waals surface area contributed by atoms with E-state index in [0.29, 0.717) is 49.8 Å². The van der Waals surface area contributed by atoms with E-state index >= 15 is 0 Å². The van der Waals surface area contributed by atoms with Crippen LogP contribution >= 0.6 is 22.9 Å². The zero-order chi connectivity index (χ0) is 26.1. The summed E-state index contributed by atoms with van der Waals surface area (Å²) in [4.78, 5) is 45.0. The molecule has 2 heterocycles. The average Bonchev–Trinajstić information content (AvgIpc) is 3.14. The highest BCUT2D eigenvalue weighted by molar-refractivity contribution is 7.07. The molecular formula is C26H25ClN4O4S. The molecule has 3 aromatic rings. The number of carbonyl (C=O) groups excluding carboxylic acids is 1. The molecule has 8 nitrogen and oxygen atoms in total. The van der Waals surface area contributed by atoms with Crippen LogP contribution < -0.4 is 14.9 Å². The van der Waals surface area contributed by atoms with Gasteiger partial charge in [-0.1, -0.05) is 47.2 Å². The topological polar surface area (TPSA) is 97.8 Å². The fourth-order valence-electron chi connectivity index (χ4n) is 4.30. The largest absolute Gasteiger partial charge is 0.339 e. The Bertz CT molecular complexity index is 1570. The fraction of sp³-hybridized carbons (Fsp3) is 0.269. The first-order chi connectivity index (χ1) is 17.2. The van der Waals surface area contributed by atoms with Crippen LogP contribution in [0.3, 0.4) is 0 Å². The monoisotopic (exact) mass is 524 g/mol. The summed E-state index contributed by atoms with van der Waals surface area (Å²) in [7, 11) is 0. The molecule has 0 saturated heterocycles. The molecule has 1 amide bonds. The Hall–Kier alpha value is -3.56. The Morgan fingerprint density at radius 1 is 1.19 bits per heavy atom. The van der Waals surface area contributed by atoms with Crippen LogP contribution in [-0.2, 0) is 4.79 Å². The summed E-state index contributed by atoms with van der Waals surface area (Å²) < 4.78 is 1.90. The summed E-state index contributed by atoms with van der Waals surface area (Å²) in [5.41, 5.74) is 2.46. The second-order valence-corrected chi connectivity index (χ2v) is 9.86. The van der Waals surface area contributed by atoms with Crippen molar-refractivity contribution in [3.63, 3.8) is 0 Å². The lowest BCUT2D eigenvalue weighted by Gasteiger charge is -2.29. The van der Waals surface area contributed by atoms with E-state index in [1.165, 1.54) is 22.0 Å². The summed E-state index contributed by atoms with van der Waals surface area (Å²) in [5.74, 6) is -0.176. The maximum Gasteiger partial charge on any atom is 0.272 e. The van der Waals surface area contributed by atoms with Crippen LogP contribution in [0.2, 0.25) is 5.02 Å². The number of allylic oxidation sites excluding steroid dienone is 1. The number of carbonyl (C=O) groups is 1. The van der Waals surface area contributed by atoms with Crippen molar-refractivity contribution in [3.05, 3.63) is 105 Å². The normalized spacial score (nSPS) is 15.5. The van der Waals surface area contributed by atoms with Crippen LogP contribution in [0.4, 0.5) is 5.69 Å². The lowest BCUT2D eigenvalue weighted by molar-refractivity contribution is -0.385. The number of hydrogen-bond acceptors (Lipinski definition) is 6. The van der Waals surface area contributed by atoms with Crippen LogP contribution in [0, 0.1) is 17.0 Å². The molecule has 4 rings (SSSR count). The number of nitro benzene ring substituents is 1. The predicted octanol–water partition coefficient (Wildman–Crippen LogP) is 3.97. The number of aryl methyl sites for hydroxylation is 1. The highest BCUT2D eigenvalue weighted by Crippen LogP contribution is 2.31. The molecule has 1 aliphatic heterocycles. The first-order valence-corrected chi connectivity index (χ1v) is 12.7. The number of amides is 1.